The zero-order chi connectivity index (χ0) is 26.9. The van der Waals surface area contributed by atoms with E-state index >= 15 is 0 Å². The van der Waals surface area contributed by atoms with Crippen LogP contribution in [-0.4, -0.2) is 70.0 Å². The van der Waals surface area contributed by atoms with Crippen molar-refractivity contribution in [2.45, 2.75) is 82.9 Å². The molecule has 9 nitrogen and oxygen atoms in total. The van der Waals surface area contributed by atoms with E-state index in [-0.39, 0.29) is 24.4 Å². The quantitative estimate of drug-likeness (QED) is 0.277. The maximum Gasteiger partial charge on any atom is 0.190 e. The Hall–Kier alpha value is -2.18. The van der Waals surface area contributed by atoms with Crippen molar-refractivity contribution in [1.82, 2.24) is 14.5 Å². The van der Waals surface area contributed by atoms with E-state index in [0.29, 0.717) is 13.2 Å². The third kappa shape index (κ3) is 4.65. The lowest BCUT2D eigenvalue weighted by Crippen LogP contribution is -2.44. The molecular formula is C29H32BrN3O6. The maximum absolute atomic E-state index is 6.49. The molecule has 2 aromatic heterocycles. The number of rotatable bonds is 6. The molecule has 0 bridgehead atoms. The number of aryl methyl sites for hydroxylation is 1. The van der Waals surface area contributed by atoms with E-state index in [4.69, 9.17) is 38.4 Å². The van der Waals surface area contributed by atoms with Gasteiger partial charge in [0.1, 0.15) is 29.9 Å². The smallest absolute Gasteiger partial charge is 0.190 e. The first kappa shape index (κ1) is 25.8. The summed E-state index contributed by atoms with van der Waals surface area (Å²) in [6, 6.07) is 14.3. The third-order valence-corrected chi connectivity index (χ3v) is 8.07. The van der Waals surface area contributed by atoms with Crippen LogP contribution in [0.5, 0.6) is 0 Å². The number of halogens is 1. The Labute approximate surface area is 234 Å². The first-order valence-electron chi connectivity index (χ1n) is 13.5. The second-order valence-corrected chi connectivity index (χ2v) is 12.2. The highest BCUT2D eigenvalue weighted by Crippen LogP contribution is 2.42. The van der Waals surface area contributed by atoms with E-state index in [1.165, 1.54) is 0 Å². The highest BCUT2D eigenvalue weighted by Gasteiger charge is 2.58. The molecule has 39 heavy (non-hydrogen) atoms. The number of hydrogen-bond acceptors (Lipinski definition) is 8. The van der Waals surface area contributed by atoms with E-state index in [2.05, 4.69) is 38.7 Å². The molecule has 0 amide bonds. The number of fused-ring (bicyclic) bond motifs is 5. The van der Waals surface area contributed by atoms with E-state index in [1.807, 2.05) is 52.0 Å². The normalized spacial score (nSPS) is 29.6. The molecule has 0 aliphatic carbocycles. The minimum absolute atomic E-state index is 0.259. The number of ether oxygens (including phenoxy) is 6. The summed E-state index contributed by atoms with van der Waals surface area (Å²) in [5.41, 5.74) is 4.63. The average molecular weight is 598 g/mol. The molecule has 0 saturated carbocycles. The molecule has 3 aliphatic rings. The Morgan fingerprint density at radius 2 is 1.77 bits per heavy atom. The summed E-state index contributed by atoms with van der Waals surface area (Å²) in [4.78, 5) is 9.96. The van der Waals surface area contributed by atoms with Crippen molar-refractivity contribution in [3.05, 3.63) is 46.9 Å². The third-order valence-electron chi connectivity index (χ3n) is 7.57. The Bertz CT molecular complexity index is 1550. The van der Waals surface area contributed by atoms with Crippen molar-refractivity contribution in [3.8, 4) is 0 Å². The average Bonchev–Trinajstić information content (AvgIpc) is 3.59. The van der Waals surface area contributed by atoms with Gasteiger partial charge in [0.05, 0.1) is 23.2 Å². The van der Waals surface area contributed by atoms with Crippen LogP contribution in [0.1, 0.15) is 34.1 Å². The van der Waals surface area contributed by atoms with Crippen molar-refractivity contribution in [3.63, 3.8) is 0 Å². The molecule has 206 valence electrons. The highest BCUT2D eigenvalue weighted by atomic mass is 79.9. The number of para-hydroxylation sites is 2. The predicted octanol–water partition coefficient (Wildman–Crippen LogP) is 5.30. The van der Waals surface area contributed by atoms with Crippen LogP contribution in [0.4, 0.5) is 0 Å². The molecule has 7 rings (SSSR count). The van der Waals surface area contributed by atoms with Gasteiger partial charge in [0.2, 0.25) is 0 Å². The second kappa shape index (κ2) is 9.44. The lowest BCUT2D eigenvalue weighted by atomic mass is 10.1. The number of aromatic nitrogens is 3. The number of benzene rings is 2. The Morgan fingerprint density at radius 1 is 0.974 bits per heavy atom. The van der Waals surface area contributed by atoms with Gasteiger partial charge in [-0.15, -0.1) is 0 Å². The van der Waals surface area contributed by atoms with Crippen molar-refractivity contribution in [2.24, 2.45) is 0 Å². The summed E-state index contributed by atoms with van der Waals surface area (Å²) in [5, 5.41) is 1.07. The molecule has 10 heteroatoms. The molecule has 0 N–H and O–H groups in total. The topological polar surface area (TPSA) is 86.1 Å². The van der Waals surface area contributed by atoms with Crippen molar-refractivity contribution in [2.75, 3.05) is 13.2 Å². The molecule has 3 saturated heterocycles. The standard InChI is InChI=1S/C29H32BrN3O6/c1-28(2)35-15-21(37-28)23-24(25-27(36-23)39-29(3,4)38-25)34-13-7-12-33-20-11-10-16(30)14-17(20)22-26(33)32-19-9-6-5-8-18(19)31-22/h5-6,8-11,14,21,23-25,27H,7,12-13,15H2,1-4H3/t21?,23-,24+,25-,27-/m1/s1. The van der Waals surface area contributed by atoms with E-state index < -0.39 is 17.9 Å². The SMILES string of the molecule is CC1(C)OCC([C@H]2O[C@@H]3OC(C)(C)O[C@@H]3[C@H]2OCCCn2c3ccc(Br)cc3c3nc4ccccc4nc32)O1. The Kier molecular flexibility index (Phi) is 6.24. The second-order valence-electron chi connectivity index (χ2n) is 11.3. The first-order chi connectivity index (χ1) is 18.7. The fraction of sp³-hybridized carbons (Fsp3) is 0.517. The Morgan fingerprint density at radius 3 is 2.54 bits per heavy atom. The van der Waals surface area contributed by atoms with E-state index in [9.17, 15) is 0 Å². The van der Waals surface area contributed by atoms with Crippen molar-refractivity contribution >= 4 is 49.0 Å². The molecule has 4 aromatic rings. The van der Waals surface area contributed by atoms with Crippen molar-refractivity contribution < 1.29 is 28.4 Å². The van der Waals surface area contributed by atoms with Gasteiger partial charge in [0.15, 0.2) is 23.5 Å². The van der Waals surface area contributed by atoms with Gasteiger partial charge in [-0.25, -0.2) is 9.97 Å². The summed E-state index contributed by atoms with van der Waals surface area (Å²) in [6.07, 6.45) is -1.01. The van der Waals surface area contributed by atoms with Crippen LogP contribution in [0, 0.1) is 0 Å². The van der Waals surface area contributed by atoms with E-state index in [1.54, 1.807) is 0 Å². The molecular weight excluding hydrogens is 566 g/mol. The van der Waals surface area contributed by atoms with Crippen LogP contribution in [-0.2, 0) is 35.0 Å². The minimum Gasteiger partial charge on any atom is -0.372 e. The Balaban J connectivity index is 1.13. The molecule has 3 fully saturated rings. The summed E-state index contributed by atoms with van der Waals surface area (Å²) < 4.78 is 40.2. The number of hydrogen-bond donors (Lipinski definition) is 0. The molecule has 2 aromatic carbocycles. The van der Waals surface area contributed by atoms with Crippen LogP contribution in [0.2, 0.25) is 0 Å². The molecule has 5 heterocycles. The lowest BCUT2D eigenvalue weighted by Gasteiger charge is -2.29. The van der Waals surface area contributed by atoms with Gasteiger partial charge in [-0.2, -0.15) is 0 Å². The summed E-state index contributed by atoms with van der Waals surface area (Å²) >= 11 is 3.62. The number of nitrogens with zero attached hydrogens (tertiary/aromatic N) is 3. The van der Waals surface area contributed by atoms with Gasteiger partial charge >= 0.3 is 0 Å². The van der Waals surface area contributed by atoms with Crippen LogP contribution in [0.15, 0.2) is 46.9 Å². The van der Waals surface area contributed by atoms with Gasteiger partial charge in [0, 0.05) is 23.0 Å². The molecule has 0 spiro atoms. The van der Waals surface area contributed by atoms with Gasteiger partial charge < -0.3 is 33.0 Å². The predicted molar refractivity (Wildman–Crippen MR) is 148 cm³/mol. The molecule has 1 unspecified atom stereocenters. The van der Waals surface area contributed by atoms with Crippen LogP contribution >= 0.6 is 15.9 Å². The fourth-order valence-electron chi connectivity index (χ4n) is 5.95. The van der Waals surface area contributed by atoms with Crippen molar-refractivity contribution in [1.29, 1.82) is 0 Å². The summed E-state index contributed by atoms with van der Waals surface area (Å²) in [7, 11) is 0. The monoisotopic (exact) mass is 597 g/mol. The van der Waals surface area contributed by atoms with Crippen LogP contribution < -0.4 is 0 Å². The van der Waals surface area contributed by atoms with Crippen LogP contribution in [0.25, 0.3) is 33.1 Å². The van der Waals surface area contributed by atoms with E-state index in [0.717, 1.165) is 50.5 Å². The van der Waals surface area contributed by atoms with Gasteiger partial charge in [-0.1, -0.05) is 28.1 Å². The molecule has 5 atom stereocenters. The maximum atomic E-state index is 6.49. The zero-order valence-corrected chi connectivity index (χ0v) is 24.0. The zero-order valence-electron chi connectivity index (χ0n) is 22.4. The first-order valence-corrected chi connectivity index (χ1v) is 14.3. The highest BCUT2D eigenvalue weighted by molar-refractivity contribution is 9.10. The van der Waals surface area contributed by atoms with Gasteiger partial charge in [-0.05, 0) is 64.4 Å². The minimum atomic E-state index is -0.729. The fourth-order valence-corrected chi connectivity index (χ4v) is 6.31. The molecule has 0 radical (unpaired) electrons. The van der Waals surface area contributed by atoms with Crippen LogP contribution in [0.3, 0.4) is 0 Å². The summed E-state index contributed by atoms with van der Waals surface area (Å²) in [5.74, 6) is -1.39. The largest absolute Gasteiger partial charge is 0.372 e. The molecule has 3 aliphatic heterocycles. The summed E-state index contributed by atoms with van der Waals surface area (Å²) in [6.45, 7) is 9.27. The lowest BCUT2D eigenvalue weighted by molar-refractivity contribution is -0.236. The van der Waals surface area contributed by atoms with Gasteiger partial charge in [-0.3, -0.25) is 0 Å². The van der Waals surface area contributed by atoms with Gasteiger partial charge in [0.25, 0.3) is 0 Å².